The summed E-state index contributed by atoms with van der Waals surface area (Å²) in [6, 6.07) is 3.99. The zero-order chi connectivity index (χ0) is 37.6. The first kappa shape index (κ1) is 47.9. The van der Waals surface area contributed by atoms with Crippen molar-refractivity contribution in [3.8, 4) is 17.2 Å². The van der Waals surface area contributed by atoms with Gasteiger partial charge >= 0.3 is 5.97 Å². The van der Waals surface area contributed by atoms with Gasteiger partial charge in [0.2, 0.25) is 0 Å². The summed E-state index contributed by atoms with van der Waals surface area (Å²) in [7, 11) is 0. The van der Waals surface area contributed by atoms with Crippen molar-refractivity contribution in [2.75, 3.05) is 26.4 Å². The molecule has 302 valence electrons. The van der Waals surface area contributed by atoms with Gasteiger partial charge in [-0.15, -0.1) is 0 Å². The minimum absolute atomic E-state index is 0.343. The maximum atomic E-state index is 12.4. The largest absolute Gasteiger partial charge is 0.493 e. The number of esters is 1. The molecule has 0 spiro atoms. The lowest BCUT2D eigenvalue weighted by Gasteiger charge is -2.19. The van der Waals surface area contributed by atoms with Crippen LogP contribution in [0.2, 0.25) is 0 Å². The number of hydrogen-bond donors (Lipinski definition) is 0. The summed E-state index contributed by atoms with van der Waals surface area (Å²) in [6.07, 6.45) is 41.9. The molecule has 0 unspecified atom stereocenters. The van der Waals surface area contributed by atoms with Crippen molar-refractivity contribution in [1.82, 2.24) is 0 Å². The van der Waals surface area contributed by atoms with E-state index in [4.69, 9.17) is 18.9 Å². The lowest BCUT2D eigenvalue weighted by atomic mass is 10.1. The Kier molecular flexibility index (Phi) is 34.2. The smallest absolute Gasteiger partial charge is 0.330 e. The fourth-order valence-corrected chi connectivity index (χ4v) is 6.76. The fraction of sp³-hybridized carbons (Fsp3) is 0.809. The van der Waals surface area contributed by atoms with E-state index in [1.54, 1.807) is 6.08 Å². The maximum absolute atomic E-state index is 12.4. The second-order valence-corrected chi connectivity index (χ2v) is 15.0. The van der Waals surface area contributed by atoms with Crippen LogP contribution in [0, 0.1) is 0 Å². The molecule has 0 saturated heterocycles. The predicted molar refractivity (Wildman–Crippen MR) is 224 cm³/mol. The third kappa shape index (κ3) is 27.4. The van der Waals surface area contributed by atoms with Crippen LogP contribution >= 0.6 is 0 Å². The van der Waals surface area contributed by atoms with Gasteiger partial charge in [-0.1, -0.05) is 194 Å². The molecule has 1 rings (SSSR count). The van der Waals surface area contributed by atoms with Gasteiger partial charge in [0.05, 0.1) is 32.0 Å². The standard InChI is InChI=1S/C47H84O5/c1-5-9-12-15-18-21-24-27-30-33-40-50-44-37-38-45(51-41-34-31-28-25-22-19-16-13-10-6-2)47(43(44)36-39-46(48)49-8-4)52-42-35-32-29-26-23-20-17-14-11-7-3/h36-39H,5-35,40-42H2,1-4H3. The number of rotatable bonds is 39. The number of benzene rings is 1. The van der Waals surface area contributed by atoms with E-state index in [2.05, 4.69) is 20.8 Å². The van der Waals surface area contributed by atoms with E-state index in [1.807, 2.05) is 19.1 Å². The van der Waals surface area contributed by atoms with Gasteiger partial charge in [0.25, 0.3) is 0 Å². The van der Waals surface area contributed by atoms with E-state index >= 15 is 0 Å². The van der Waals surface area contributed by atoms with Crippen LogP contribution in [0.4, 0.5) is 0 Å². The molecular formula is C47H84O5. The second kappa shape index (κ2) is 37.2. The van der Waals surface area contributed by atoms with Crippen LogP contribution in [0.15, 0.2) is 18.2 Å². The molecule has 0 aliphatic heterocycles. The van der Waals surface area contributed by atoms with Crippen molar-refractivity contribution >= 4 is 12.0 Å². The summed E-state index contributed by atoms with van der Waals surface area (Å²) < 4.78 is 24.5. The zero-order valence-corrected chi connectivity index (χ0v) is 34.9. The number of carbonyl (C=O) groups is 1. The highest BCUT2D eigenvalue weighted by molar-refractivity contribution is 5.88. The minimum Gasteiger partial charge on any atom is -0.493 e. The molecule has 0 amide bonds. The molecule has 5 nitrogen and oxygen atoms in total. The minimum atomic E-state index is -0.361. The molecule has 5 heteroatoms. The topological polar surface area (TPSA) is 54.0 Å². The molecule has 1 aromatic rings. The van der Waals surface area contributed by atoms with E-state index in [-0.39, 0.29) is 5.97 Å². The van der Waals surface area contributed by atoms with Crippen molar-refractivity contribution in [3.63, 3.8) is 0 Å². The summed E-state index contributed by atoms with van der Waals surface area (Å²) in [5.74, 6) is 1.79. The number of carbonyl (C=O) groups excluding carboxylic acids is 1. The summed E-state index contributed by atoms with van der Waals surface area (Å²) >= 11 is 0. The highest BCUT2D eigenvalue weighted by Crippen LogP contribution is 2.39. The molecule has 0 heterocycles. The fourth-order valence-electron chi connectivity index (χ4n) is 6.76. The van der Waals surface area contributed by atoms with Gasteiger partial charge in [-0.25, -0.2) is 4.79 Å². The molecule has 0 aromatic heterocycles. The first-order valence-corrected chi connectivity index (χ1v) is 22.6. The Morgan fingerprint density at radius 2 is 0.769 bits per heavy atom. The van der Waals surface area contributed by atoms with Gasteiger partial charge in [-0.05, 0) is 44.4 Å². The van der Waals surface area contributed by atoms with Gasteiger partial charge in [0.1, 0.15) is 5.75 Å². The zero-order valence-electron chi connectivity index (χ0n) is 34.9. The summed E-state index contributed by atoms with van der Waals surface area (Å²) in [5, 5.41) is 0. The average molecular weight is 729 g/mol. The third-order valence-electron chi connectivity index (χ3n) is 10.0. The van der Waals surface area contributed by atoms with Crippen LogP contribution in [-0.2, 0) is 9.53 Å². The summed E-state index contributed by atoms with van der Waals surface area (Å²) in [5.41, 5.74) is 0.771. The molecule has 0 bridgehead atoms. The third-order valence-corrected chi connectivity index (χ3v) is 10.0. The highest BCUT2D eigenvalue weighted by atomic mass is 16.5. The molecule has 52 heavy (non-hydrogen) atoms. The predicted octanol–water partition coefficient (Wildman–Crippen LogP) is 15.2. The molecule has 0 radical (unpaired) electrons. The SMILES string of the molecule is CCCCCCCCCCCCOc1ccc(OCCCCCCCCCCCC)c(OCCCCCCCCCCCC)c1C=CC(=O)OCC. The van der Waals surface area contributed by atoms with Gasteiger partial charge < -0.3 is 18.9 Å². The van der Waals surface area contributed by atoms with E-state index in [9.17, 15) is 4.79 Å². The summed E-state index contributed by atoms with van der Waals surface area (Å²) in [4.78, 5) is 12.4. The molecule has 0 atom stereocenters. The van der Waals surface area contributed by atoms with Crippen LogP contribution in [-0.4, -0.2) is 32.4 Å². The van der Waals surface area contributed by atoms with E-state index in [0.29, 0.717) is 32.2 Å². The number of unbranched alkanes of at least 4 members (excludes halogenated alkanes) is 27. The monoisotopic (exact) mass is 729 g/mol. The highest BCUT2D eigenvalue weighted by Gasteiger charge is 2.17. The van der Waals surface area contributed by atoms with E-state index in [0.717, 1.165) is 42.7 Å². The molecular weight excluding hydrogens is 645 g/mol. The Hall–Kier alpha value is -2.17. The van der Waals surface area contributed by atoms with Gasteiger partial charge in [-0.3, -0.25) is 0 Å². The van der Waals surface area contributed by atoms with Crippen molar-refractivity contribution in [2.45, 2.75) is 220 Å². The molecule has 1 aromatic carbocycles. The molecule has 0 fully saturated rings. The lowest BCUT2D eigenvalue weighted by molar-refractivity contribution is -0.137. The van der Waals surface area contributed by atoms with Crippen LogP contribution < -0.4 is 14.2 Å². The second-order valence-electron chi connectivity index (χ2n) is 15.0. The quantitative estimate of drug-likeness (QED) is 0.0384. The normalized spacial score (nSPS) is 11.4. The van der Waals surface area contributed by atoms with E-state index in [1.165, 1.54) is 173 Å². The van der Waals surface area contributed by atoms with Crippen LogP contribution in [0.1, 0.15) is 226 Å². The Bertz CT molecular complexity index is 957. The Labute approximate surface area is 322 Å². The Balaban J connectivity index is 2.80. The van der Waals surface area contributed by atoms with Crippen LogP contribution in [0.25, 0.3) is 6.08 Å². The van der Waals surface area contributed by atoms with Gasteiger partial charge in [-0.2, -0.15) is 0 Å². The molecule has 0 saturated carbocycles. The Morgan fingerprint density at radius 3 is 1.15 bits per heavy atom. The van der Waals surface area contributed by atoms with Crippen LogP contribution in [0.3, 0.4) is 0 Å². The first-order valence-electron chi connectivity index (χ1n) is 22.6. The number of ether oxygens (including phenoxy) is 4. The van der Waals surface area contributed by atoms with Crippen molar-refractivity contribution in [3.05, 3.63) is 23.8 Å². The Morgan fingerprint density at radius 1 is 0.442 bits per heavy atom. The van der Waals surface area contributed by atoms with Crippen molar-refractivity contribution < 1.29 is 23.7 Å². The molecule has 0 aliphatic carbocycles. The van der Waals surface area contributed by atoms with Crippen LogP contribution in [0.5, 0.6) is 17.2 Å². The molecule has 0 N–H and O–H groups in total. The van der Waals surface area contributed by atoms with E-state index < -0.39 is 0 Å². The average Bonchev–Trinajstić information content (AvgIpc) is 3.15. The van der Waals surface area contributed by atoms with Crippen molar-refractivity contribution in [2.24, 2.45) is 0 Å². The summed E-state index contributed by atoms with van der Waals surface area (Å²) in [6.45, 7) is 10.9. The number of hydrogen-bond acceptors (Lipinski definition) is 5. The lowest BCUT2D eigenvalue weighted by Crippen LogP contribution is -2.07. The van der Waals surface area contributed by atoms with Crippen molar-refractivity contribution in [1.29, 1.82) is 0 Å². The van der Waals surface area contributed by atoms with Gasteiger partial charge in [0, 0.05) is 6.08 Å². The van der Waals surface area contributed by atoms with Gasteiger partial charge in [0.15, 0.2) is 11.5 Å². The first-order chi connectivity index (χ1) is 25.7. The molecule has 0 aliphatic rings. The maximum Gasteiger partial charge on any atom is 0.330 e.